The summed E-state index contributed by atoms with van der Waals surface area (Å²) in [5.41, 5.74) is 13.5. The van der Waals surface area contributed by atoms with Gasteiger partial charge < -0.3 is 5.73 Å². The molecule has 0 aliphatic heterocycles. The van der Waals surface area contributed by atoms with Crippen LogP contribution in [0, 0.1) is 0 Å². The zero-order valence-electron chi connectivity index (χ0n) is 6.15. The second-order valence-corrected chi connectivity index (χ2v) is 2.85. The first kappa shape index (κ1) is 8.30. The Kier molecular flexibility index (Phi) is 2.68. The maximum atomic E-state index is 12.8. The third kappa shape index (κ3) is 2.06. The topological polar surface area (TPSA) is 74.8 Å². The first-order valence-corrected chi connectivity index (χ1v) is 3.68. The lowest BCUT2D eigenvalue weighted by atomic mass is 9.91. The van der Waals surface area contributed by atoms with Gasteiger partial charge in [-0.3, -0.25) is 0 Å². The Bertz CT molecular complexity index is 177. The second-order valence-electron chi connectivity index (χ2n) is 2.85. The zero-order valence-corrected chi connectivity index (χ0v) is 6.15. The monoisotopic (exact) mass is 158 g/mol. The molecule has 0 amide bonds. The molecule has 1 rings (SSSR count). The van der Waals surface area contributed by atoms with Crippen molar-refractivity contribution in [2.45, 2.75) is 37.5 Å². The van der Waals surface area contributed by atoms with E-state index in [4.69, 9.17) is 11.3 Å². The molecule has 0 saturated heterocycles. The number of hydrogen-bond acceptors (Lipinski definition) is 2. The van der Waals surface area contributed by atoms with Crippen molar-refractivity contribution in [3.05, 3.63) is 10.4 Å². The molecule has 0 aromatic rings. The first-order valence-electron chi connectivity index (χ1n) is 3.68. The molecule has 1 aliphatic carbocycles. The normalized spacial score (nSPS) is 37.8. The van der Waals surface area contributed by atoms with Crippen LogP contribution in [-0.4, -0.2) is 18.3 Å². The molecule has 0 aromatic carbocycles. The van der Waals surface area contributed by atoms with Gasteiger partial charge in [0.05, 0.1) is 0 Å². The zero-order chi connectivity index (χ0) is 8.27. The van der Waals surface area contributed by atoms with E-state index in [9.17, 15) is 4.39 Å². The third-order valence-electron chi connectivity index (χ3n) is 2.01. The highest BCUT2D eigenvalue weighted by atomic mass is 19.1. The predicted molar refractivity (Wildman–Crippen MR) is 39.7 cm³/mol. The van der Waals surface area contributed by atoms with E-state index in [2.05, 4.69) is 10.0 Å². The number of hydrogen-bond donors (Lipinski definition) is 1. The Labute approximate surface area is 64.2 Å². The lowest BCUT2D eigenvalue weighted by molar-refractivity contribution is 0.201. The van der Waals surface area contributed by atoms with E-state index in [0.29, 0.717) is 12.8 Å². The SMILES string of the molecule is [N-]=[N+]=N[C@@H]1CC[C@@H](N)[C@@H](F)C1. The van der Waals surface area contributed by atoms with Crippen LogP contribution in [0.4, 0.5) is 4.39 Å². The molecule has 1 saturated carbocycles. The minimum Gasteiger partial charge on any atom is -0.325 e. The molecule has 0 bridgehead atoms. The fourth-order valence-corrected chi connectivity index (χ4v) is 1.30. The van der Waals surface area contributed by atoms with E-state index in [0.717, 1.165) is 0 Å². The van der Waals surface area contributed by atoms with Crippen molar-refractivity contribution in [1.82, 2.24) is 0 Å². The molecule has 0 spiro atoms. The van der Waals surface area contributed by atoms with Crippen LogP contribution < -0.4 is 5.73 Å². The highest BCUT2D eigenvalue weighted by molar-refractivity contribution is 4.85. The molecule has 2 N–H and O–H groups in total. The number of nitrogens with zero attached hydrogens (tertiary/aromatic N) is 3. The number of halogens is 1. The molecule has 0 aromatic heterocycles. The van der Waals surface area contributed by atoms with Crippen LogP contribution >= 0.6 is 0 Å². The lowest BCUT2D eigenvalue weighted by Crippen LogP contribution is -2.38. The fourth-order valence-electron chi connectivity index (χ4n) is 1.30. The van der Waals surface area contributed by atoms with Gasteiger partial charge in [0.15, 0.2) is 0 Å². The summed E-state index contributed by atoms with van der Waals surface area (Å²) in [6, 6.07) is -0.546. The van der Waals surface area contributed by atoms with Crippen LogP contribution in [0.3, 0.4) is 0 Å². The van der Waals surface area contributed by atoms with E-state index < -0.39 is 6.17 Å². The molecule has 0 unspecified atom stereocenters. The summed E-state index contributed by atoms with van der Waals surface area (Å²) >= 11 is 0. The van der Waals surface area contributed by atoms with E-state index in [1.807, 2.05) is 0 Å². The molecule has 1 aliphatic rings. The number of alkyl halides is 1. The fraction of sp³-hybridized carbons (Fsp3) is 1.00. The number of azide groups is 1. The summed E-state index contributed by atoms with van der Waals surface area (Å²) in [6.07, 6.45) is 0.612. The summed E-state index contributed by atoms with van der Waals surface area (Å²) in [5.74, 6) is 0. The van der Waals surface area contributed by atoms with Crippen LogP contribution in [0.25, 0.3) is 10.4 Å². The second kappa shape index (κ2) is 3.55. The van der Waals surface area contributed by atoms with Crippen molar-refractivity contribution in [1.29, 1.82) is 0 Å². The van der Waals surface area contributed by atoms with Gasteiger partial charge >= 0.3 is 0 Å². The van der Waals surface area contributed by atoms with Gasteiger partial charge in [0.1, 0.15) is 6.17 Å². The summed E-state index contributed by atoms with van der Waals surface area (Å²) in [5, 5.41) is 3.45. The Morgan fingerprint density at radius 1 is 1.55 bits per heavy atom. The molecule has 1 fully saturated rings. The predicted octanol–water partition coefficient (Wildman–Crippen LogP) is 1.51. The quantitative estimate of drug-likeness (QED) is 0.350. The number of nitrogens with two attached hydrogens (primary N) is 1. The van der Waals surface area contributed by atoms with Crippen LogP contribution in [-0.2, 0) is 0 Å². The van der Waals surface area contributed by atoms with E-state index in [1.165, 1.54) is 0 Å². The van der Waals surface area contributed by atoms with Gasteiger partial charge in [-0.05, 0) is 24.8 Å². The average molecular weight is 158 g/mol. The molecular weight excluding hydrogens is 147 g/mol. The standard InChI is InChI=1S/C6H11FN4/c7-5-3-4(10-11-9)1-2-6(5)8/h4-6H,1-3,8H2/t4-,5+,6-/m1/s1. The van der Waals surface area contributed by atoms with Gasteiger partial charge in [-0.25, -0.2) is 4.39 Å². The average Bonchev–Trinajstić information content (AvgIpc) is 1.98. The third-order valence-corrected chi connectivity index (χ3v) is 2.01. The molecule has 4 nitrogen and oxygen atoms in total. The van der Waals surface area contributed by atoms with Gasteiger partial charge in [-0.2, -0.15) is 0 Å². The number of rotatable bonds is 1. The van der Waals surface area contributed by atoms with Crippen molar-refractivity contribution in [2.24, 2.45) is 10.8 Å². The maximum Gasteiger partial charge on any atom is 0.116 e. The smallest absolute Gasteiger partial charge is 0.116 e. The van der Waals surface area contributed by atoms with Crippen molar-refractivity contribution in [3.8, 4) is 0 Å². The highest BCUT2D eigenvalue weighted by Crippen LogP contribution is 2.22. The Morgan fingerprint density at radius 3 is 2.82 bits per heavy atom. The van der Waals surface area contributed by atoms with Crippen LogP contribution in [0.5, 0.6) is 0 Å². The van der Waals surface area contributed by atoms with Crippen molar-refractivity contribution >= 4 is 0 Å². The van der Waals surface area contributed by atoms with Crippen molar-refractivity contribution in [3.63, 3.8) is 0 Å². The van der Waals surface area contributed by atoms with Crippen molar-refractivity contribution in [2.75, 3.05) is 0 Å². The Morgan fingerprint density at radius 2 is 2.27 bits per heavy atom. The van der Waals surface area contributed by atoms with E-state index in [1.54, 1.807) is 0 Å². The Hall–Kier alpha value is -0.800. The summed E-state index contributed by atoms with van der Waals surface area (Å²) in [4.78, 5) is 2.64. The Balaban J connectivity index is 2.45. The minimum absolute atomic E-state index is 0.185. The molecule has 0 heterocycles. The summed E-state index contributed by atoms with van der Waals surface area (Å²) < 4.78 is 12.8. The maximum absolute atomic E-state index is 12.8. The molecule has 11 heavy (non-hydrogen) atoms. The van der Waals surface area contributed by atoms with Gasteiger partial charge in [0.2, 0.25) is 0 Å². The molecule has 3 atom stereocenters. The molecule has 0 radical (unpaired) electrons. The molecule has 62 valence electrons. The summed E-state index contributed by atoms with van der Waals surface area (Å²) in [6.45, 7) is 0. The first-order chi connectivity index (χ1) is 5.24. The van der Waals surface area contributed by atoms with E-state index in [-0.39, 0.29) is 18.5 Å². The van der Waals surface area contributed by atoms with Gasteiger partial charge in [-0.15, -0.1) is 0 Å². The van der Waals surface area contributed by atoms with Gasteiger partial charge in [0.25, 0.3) is 0 Å². The van der Waals surface area contributed by atoms with Crippen LogP contribution in [0.1, 0.15) is 19.3 Å². The minimum atomic E-state index is -1.00. The largest absolute Gasteiger partial charge is 0.325 e. The molecule has 5 heteroatoms. The van der Waals surface area contributed by atoms with Crippen LogP contribution in [0.15, 0.2) is 5.11 Å². The van der Waals surface area contributed by atoms with Gasteiger partial charge in [0, 0.05) is 17.0 Å². The summed E-state index contributed by atoms with van der Waals surface area (Å²) in [7, 11) is 0. The van der Waals surface area contributed by atoms with Crippen molar-refractivity contribution < 1.29 is 4.39 Å². The van der Waals surface area contributed by atoms with Gasteiger partial charge in [-0.1, -0.05) is 5.11 Å². The van der Waals surface area contributed by atoms with E-state index >= 15 is 0 Å². The van der Waals surface area contributed by atoms with Crippen LogP contribution in [0.2, 0.25) is 0 Å². The molecular formula is C6H11FN4. The lowest BCUT2D eigenvalue weighted by Gasteiger charge is -2.26. The highest BCUT2D eigenvalue weighted by Gasteiger charge is 2.26.